The molecule has 1 atom stereocenters. The van der Waals surface area contributed by atoms with E-state index in [0.29, 0.717) is 6.04 Å². The molecule has 0 saturated carbocycles. The van der Waals surface area contributed by atoms with Crippen molar-refractivity contribution in [2.45, 2.75) is 39.0 Å². The van der Waals surface area contributed by atoms with E-state index in [-0.39, 0.29) is 0 Å². The van der Waals surface area contributed by atoms with Gasteiger partial charge in [0.1, 0.15) is 0 Å². The zero-order valence-electron chi connectivity index (χ0n) is 13.0. The minimum Gasteiger partial charge on any atom is -0.306 e. The Kier molecular flexibility index (Phi) is 4.72. The van der Waals surface area contributed by atoms with Crippen molar-refractivity contribution in [3.8, 4) is 0 Å². The Hall–Kier alpha value is -0.770. The van der Waals surface area contributed by atoms with Crippen molar-refractivity contribution in [1.82, 2.24) is 5.32 Å². The second-order valence-electron chi connectivity index (χ2n) is 5.68. The van der Waals surface area contributed by atoms with E-state index < -0.39 is 0 Å². The first-order valence-corrected chi connectivity index (χ1v) is 9.66. The highest BCUT2D eigenvalue weighted by Crippen LogP contribution is 2.37. The SMILES string of the molecule is CCNC(c1cc2c(s1)CCSC2)c1cccc(C)c1C. The average molecular weight is 318 g/mol. The van der Waals surface area contributed by atoms with Crippen LogP contribution in [-0.4, -0.2) is 12.3 Å². The Morgan fingerprint density at radius 1 is 1.29 bits per heavy atom. The van der Waals surface area contributed by atoms with Crippen LogP contribution in [0, 0.1) is 13.8 Å². The molecule has 0 fully saturated rings. The summed E-state index contributed by atoms with van der Waals surface area (Å²) in [4.78, 5) is 3.09. The minimum absolute atomic E-state index is 0.343. The van der Waals surface area contributed by atoms with Crippen molar-refractivity contribution in [1.29, 1.82) is 0 Å². The van der Waals surface area contributed by atoms with Gasteiger partial charge in [-0.05, 0) is 60.9 Å². The van der Waals surface area contributed by atoms with Crippen LogP contribution >= 0.6 is 23.1 Å². The van der Waals surface area contributed by atoms with E-state index in [4.69, 9.17) is 0 Å². The van der Waals surface area contributed by atoms with Gasteiger partial charge in [0.25, 0.3) is 0 Å². The summed E-state index contributed by atoms with van der Waals surface area (Å²) in [6.07, 6.45) is 1.25. The van der Waals surface area contributed by atoms with E-state index in [1.807, 2.05) is 11.3 Å². The molecule has 0 amide bonds. The molecule has 0 saturated heterocycles. The molecule has 1 aliphatic heterocycles. The highest BCUT2D eigenvalue weighted by Gasteiger charge is 2.21. The molecule has 1 aromatic carbocycles. The third-order valence-corrected chi connectivity index (χ3v) is 6.61. The molecular weight excluding hydrogens is 294 g/mol. The number of thioether (sulfide) groups is 1. The molecule has 2 heterocycles. The summed E-state index contributed by atoms with van der Waals surface area (Å²) in [5, 5.41) is 3.70. The van der Waals surface area contributed by atoms with Crippen LogP contribution in [0.25, 0.3) is 0 Å². The first-order chi connectivity index (χ1) is 10.2. The third kappa shape index (κ3) is 3.05. The van der Waals surface area contributed by atoms with Crippen molar-refractivity contribution in [3.05, 3.63) is 56.3 Å². The van der Waals surface area contributed by atoms with E-state index in [0.717, 1.165) is 6.54 Å². The fourth-order valence-electron chi connectivity index (χ4n) is 2.97. The maximum Gasteiger partial charge on any atom is 0.0673 e. The Labute approximate surface area is 136 Å². The zero-order valence-corrected chi connectivity index (χ0v) is 14.7. The van der Waals surface area contributed by atoms with Crippen LogP contribution in [0.2, 0.25) is 0 Å². The standard InChI is InChI=1S/C18H23NS2/c1-4-19-18(15-7-5-6-12(2)13(15)3)17-10-14-11-20-9-8-16(14)21-17/h5-7,10,18-19H,4,8-9,11H2,1-3H3. The van der Waals surface area contributed by atoms with Crippen LogP contribution in [0.15, 0.2) is 24.3 Å². The van der Waals surface area contributed by atoms with E-state index in [2.05, 4.69) is 62.1 Å². The van der Waals surface area contributed by atoms with Gasteiger partial charge in [0.05, 0.1) is 6.04 Å². The monoisotopic (exact) mass is 317 g/mol. The quantitative estimate of drug-likeness (QED) is 0.865. The number of nitrogens with one attached hydrogen (secondary N) is 1. The van der Waals surface area contributed by atoms with Gasteiger partial charge in [-0.25, -0.2) is 0 Å². The Morgan fingerprint density at radius 2 is 2.14 bits per heavy atom. The molecule has 0 spiro atoms. The second-order valence-corrected chi connectivity index (χ2v) is 7.95. The van der Waals surface area contributed by atoms with Gasteiger partial charge in [-0.15, -0.1) is 11.3 Å². The first kappa shape index (κ1) is 15.1. The molecule has 1 aliphatic rings. The molecule has 3 heteroatoms. The van der Waals surface area contributed by atoms with Gasteiger partial charge >= 0.3 is 0 Å². The van der Waals surface area contributed by atoms with Gasteiger partial charge in [0.2, 0.25) is 0 Å². The summed E-state index contributed by atoms with van der Waals surface area (Å²) in [6, 6.07) is 9.46. The molecule has 1 aromatic heterocycles. The van der Waals surface area contributed by atoms with Crippen LogP contribution in [0.5, 0.6) is 0 Å². The van der Waals surface area contributed by atoms with E-state index in [1.54, 1.807) is 10.4 Å². The van der Waals surface area contributed by atoms with Crippen molar-refractivity contribution in [2.24, 2.45) is 0 Å². The maximum absolute atomic E-state index is 3.70. The lowest BCUT2D eigenvalue weighted by atomic mass is 9.96. The number of hydrogen-bond acceptors (Lipinski definition) is 3. The number of fused-ring (bicyclic) bond motifs is 1. The molecule has 21 heavy (non-hydrogen) atoms. The van der Waals surface area contributed by atoms with Gasteiger partial charge in [-0.2, -0.15) is 11.8 Å². The molecule has 0 bridgehead atoms. The number of aryl methyl sites for hydroxylation is 2. The number of thiophene rings is 1. The number of rotatable bonds is 4. The molecule has 112 valence electrons. The Balaban J connectivity index is 2.01. The molecule has 1 nitrogen and oxygen atoms in total. The van der Waals surface area contributed by atoms with Crippen LogP contribution in [0.1, 0.15) is 45.0 Å². The fraction of sp³-hybridized carbons (Fsp3) is 0.444. The summed E-state index contributed by atoms with van der Waals surface area (Å²) in [5.41, 5.74) is 5.80. The van der Waals surface area contributed by atoms with E-state index in [9.17, 15) is 0 Å². The van der Waals surface area contributed by atoms with Crippen molar-refractivity contribution in [3.63, 3.8) is 0 Å². The van der Waals surface area contributed by atoms with Crippen LogP contribution in [0.4, 0.5) is 0 Å². The van der Waals surface area contributed by atoms with Gasteiger partial charge in [-0.3, -0.25) is 0 Å². The van der Waals surface area contributed by atoms with Gasteiger partial charge < -0.3 is 5.32 Å². The molecule has 0 radical (unpaired) electrons. The second kappa shape index (κ2) is 6.55. The van der Waals surface area contributed by atoms with Crippen LogP contribution in [-0.2, 0) is 12.2 Å². The lowest BCUT2D eigenvalue weighted by Gasteiger charge is -2.20. The van der Waals surface area contributed by atoms with Crippen LogP contribution < -0.4 is 5.32 Å². The molecule has 3 rings (SSSR count). The predicted octanol–water partition coefficient (Wildman–Crippen LogP) is 4.85. The molecule has 1 unspecified atom stereocenters. The highest BCUT2D eigenvalue weighted by molar-refractivity contribution is 7.98. The summed E-state index contributed by atoms with van der Waals surface area (Å²) in [7, 11) is 0. The molecule has 0 aliphatic carbocycles. The summed E-state index contributed by atoms with van der Waals surface area (Å²) >= 11 is 4.08. The van der Waals surface area contributed by atoms with Gasteiger partial charge in [0.15, 0.2) is 0 Å². The molecule has 1 N–H and O–H groups in total. The van der Waals surface area contributed by atoms with Gasteiger partial charge in [0, 0.05) is 15.5 Å². The summed E-state index contributed by atoms with van der Waals surface area (Å²) in [5.74, 6) is 2.47. The lowest BCUT2D eigenvalue weighted by molar-refractivity contribution is 0.636. The number of hydrogen-bond donors (Lipinski definition) is 1. The van der Waals surface area contributed by atoms with Crippen molar-refractivity contribution >= 4 is 23.1 Å². The minimum atomic E-state index is 0.343. The average Bonchev–Trinajstić information content (AvgIpc) is 2.91. The topological polar surface area (TPSA) is 12.0 Å². The molecule has 2 aromatic rings. The Bertz CT molecular complexity index is 607. The number of benzene rings is 1. The zero-order chi connectivity index (χ0) is 14.8. The normalized spacial score (nSPS) is 15.8. The smallest absolute Gasteiger partial charge is 0.0673 e. The van der Waals surface area contributed by atoms with Gasteiger partial charge in [-0.1, -0.05) is 25.1 Å². The van der Waals surface area contributed by atoms with E-state index in [1.165, 1.54) is 39.5 Å². The van der Waals surface area contributed by atoms with Crippen molar-refractivity contribution < 1.29 is 0 Å². The lowest BCUT2D eigenvalue weighted by Crippen LogP contribution is -2.22. The van der Waals surface area contributed by atoms with E-state index >= 15 is 0 Å². The highest BCUT2D eigenvalue weighted by atomic mass is 32.2. The summed E-state index contributed by atoms with van der Waals surface area (Å²) in [6.45, 7) is 7.65. The molecular formula is C18H23NS2. The summed E-state index contributed by atoms with van der Waals surface area (Å²) < 4.78 is 0. The fourth-order valence-corrected chi connectivity index (χ4v) is 5.44. The van der Waals surface area contributed by atoms with Crippen molar-refractivity contribution in [2.75, 3.05) is 12.3 Å². The first-order valence-electron chi connectivity index (χ1n) is 7.69. The predicted molar refractivity (Wildman–Crippen MR) is 95.6 cm³/mol. The largest absolute Gasteiger partial charge is 0.306 e. The van der Waals surface area contributed by atoms with Crippen LogP contribution in [0.3, 0.4) is 0 Å². The Morgan fingerprint density at radius 3 is 2.90 bits per heavy atom. The maximum atomic E-state index is 3.70. The third-order valence-electron chi connectivity index (χ3n) is 4.30.